The van der Waals surface area contributed by atoms with Crippen LogP contribution in [0.25, 0.3) is 0 Å². The van der Waals surface area contributed by atoms with Crippen molar-refractivity contribution in [3.8, 4) is 0 Å². The number of hydrogen-bond donors (Lipinski definition) is 1. The minimum Gasteiger partial charge on any atom is -0.373 e. The van der Waals surface area contributed by atoms with Crippen LogP contribution in [-0.2, 0) is 11.3 Å². The fourth-order valence-corrected chi connectivity index (χ4v) is 2.17. The lowest BCUT2D eigenvalue weighted by molar-refractivity contribution is 0.0182. The van der Waals surface area contributed by atoms with Crippen LogP contribution in [0.1, 0.15) is 24.8 Å². The van der Waals surface area contributed by atoms with Crippen LogP contribution in [0.5, 0.6) is 0 Å². The third kappa shape index (κ3) is 2.76. The van der Waals surface area contributed by atoms with Crippen molar-refractivity contribution in [2.24, 2.45) is 11.7 Å². The smallest absolute Gasteiger partial charge is 0.0721 e. The maximum absolute atomic E-state index is 5.88. The van der Waals surface area contributed by atoms with Gasteiger partial charge in [0, 0.05) is 12.4 Å². The lowest BCUT2D eigenvalue weighted by Gasteiger charge is -2.18. The molecule has 1 aliphatic rings. The molecule has 1 heterocycles. The number of rotatable bonds is 4. The number of nitrogens with two attached hydrogens (primary N) is 1. The standard InChI is InChI=1S/C12H18N2O/c13-8-11-2-1-3-12(11)15-9-10-4-6-14-7-5-10/h4-7,11-12H,1-3,8-9,13H2. The van der Waals surface area contributed by atoms with E-state index in [1.807, 2.05) is 12.1 Å². The molecule has 15 heavy (non-hydrogen) atoms. The molecule has 3 heteroatoms. The van der Waals surface area contributed by atoms with Gasteiger partial charge in [0.25, 0.3) is 0 Å². The normalized spacial score (nSPS) is 25.7. The van der Waals surface area contributed by atoms with Crippen LogP contribution in [0, 0.1) is 5.92 Å². The quantitative estimate of drug-likeness (QED) is 0.816. The van der Waals surface area contributed by atoms with Gasteiger partial charge in [-0.1, -0.05) is 6.42 Å². The van der Waals surface area contributed by atoms with Crippen molar-refractivity contribution in [1.29, 1.82) is 0 Å². The second-order valence-electron chi connectivity index (χ2n) is 4.13. The Hall–Kier alpha value is -0.930. The first kappa shape index (κ1) is 10.6. The molecule has 2 rings (SSSR count). The highest BCUT2D eigenvalue weighted by Crippen LogP contribution is 2.27. The van der Waals surface area contributed by atoms with Gasteiger partial charge in [0.2, 0.25) is 0 Å². The molecule has 1 aliphatic carbocycles. The number of ether oxygens (including phenoxy) is 1. The summed E-state index contributed by atoms with van der Waals surface area (Å²) >= 11 is 0. The predicted molar refractivity (Wildman–Crippen MR) is 59.2 cm³/mol. The molecule has 0 spiro atoms. The minimum absolute atomic E-state index is 0.364. The van der Waals surface area contributed by atoms with Gasteiger partial charge in [0.15, 0.2) is 0 Å². The van der Waals surface area contributed by atoms with Gasteiger partial charge in [-0.2, -0.15) is 0 Å². The lowest BCUT2D eigenvalue weighted by atomic mass is 10.1. The zero-order chi connectivity index (χ0) is 10.5. The number of hydrogen-bond acceptors (Lipinski definition) is 3. The fourth-order valence-electron chi connectivity index (χ4n) is 2.17. The van der Waals surface area contributed by atoms with Crippen LogP contribution in [0.4, 0.5) is 0 Å². The first-order valence-corrected chi connectivity index (χ1v) is 5.60. The maximum Gasteiger partial charge on any atom is 0.0721 e. The van der Waals surface area contributed by atoms with Gasteiger partial charge in [0.1, 0.15) is 0 Å². The lowest BCUT2D eigenvalue weighted by Crippen LogP contribution is -2.25. The first-order chi connectivity index (χ1) is 7.40. The Kier molecular flexibility index (Phi) is 3.69. The van der Waals surface area contributed by atoms with E-state index < -0.39 is 0 Å². The molecule has 3 nitrogen and oxygen atoms in total. The maximum atomic E-state index is 5.88. The van der Waals surface area contributed by atoms with Crippen LogP contribution >= 0.6 is 0 Å². The summed E-state index contributed by atoms with van der Waals surface area (Å²) in [4.78, 5) is 3.98. The molecule has 0 aliphatic heterocycles. The summed E-state index contributed by atoms with van der Waals surface area (Å²) in [6.45, 7) is 1.44. The van der Waals surface area contributed by atoms with E-state index in [0.717, 1.165) is 13.0 Å². The zero-order valence-corrected chi connectivity index (χ0v) is 8.93. The summed E-state index contributed by atoms with van der Waals surface area (Å²) in [5, 5.41) is 0. The van der Waals surface area contributed by atoms with Crippen LogP contribution < -0.4 is 5.73 Å². The third-order valence-electron chi connectivity index (χ3n) is 3.11. The van der Waals surface area contributed by atoms with Crippen molar-refractivity contribution >= 4 is 0 Å². The van der Waals surface area contributed by atoms with Crippen molar-refractivity contribution in [3.63, 3.8) is 0 Å². The van der Waals surface area contributed by atoms with E-state index >= 15 is 0 Å². The number of aromatic nitrogens is 1. The topological polar surface area (TPSA) is 48.1 Å². The number of pyridine rings is 1. The van der Waals surface area contributed by atoms with Gasteiger partial charge in [-0.15, -0.1) is 0 Å². The van der Waals surface area contributed by atoms with E-state index in [4.69, 9.17) is 10.5 Å². The Morgan fingerprint density at radius 2 is 2.13 bits per heavy atom. The molecule has 1 aromatic rings. The van der Waals surface area contributed by atoms with Gasteiger partial charge in [-0.3, -0.25) is 4.98 Å². The van der Waals surface area contributed by atoms with Gasteiger partial charge in [0.05, 0.1) is 12.7 Å². The molecule has 0 aromatic carbocycles. The molecule has 0 saturated heterocycles. The molecule has 2 atom stereocenters. The molecule has 1 aromatic heterocycles. The highest BCUT2D eigenvalue weighted by Gasteiger charge is 2.26. The summed E-state index contributed by atoms with van der Waals surface area (Å²) in [5.41, 5.74) is 6.89. The Bertz CT molecular complexity index is 289. The van der Waals surface area contributed by atoms with Crippen molar-refractivity contribution in [3.05, 3.63) is 30.1 Å². The van der Waals surface area contributed by atoms with Crippen molar-refractivity contribution in [2.75, 3.05) is 6.54 Å². The highest BCUT2D eigenvalue weighted by atomic mass is 16.5. The molecule has 2 unspecified atom stereocenters. The summed E-state index contributed by atoms with van der Waals surface area (Å²) in [6.07, 6.45) is 7.60. The summed E-state index contributed by atoms with van der Waals surface area (Å²) in [7, 11) is 0. The average molecular weight is 206 g/mol. The molecule has 0 bridgehead atoms. The summed E-state index contributed by atoms with van der Waals surface area (Å²) < 4.78 is 5.88. The van der Waals surface area contributed by atoms with Crippen LogP contribution in [0.3, 0.4) is 0 Å². The molecular formula is C12H18N2O. The van der Waals surface area contributed by atoms with E-state index in [1.165, 1.54) is 18.4 Å². The van der Waals surface area contributed by atoms with Crippen molar-refractivity contribution in [1.82, 2.24) is 4.98 Å². The molecule has 82 valence electrons. The molecule has 0 radical (unpaired) electrons. The van der Waals surface area contributed by atoms with E-state index in [0.29, 0.717) is 18.6 Å². The Morgan fingerprint density at radius 3 is 2.87 bits per heavy atom. The van der Waals surface area contributed by atoms with E-state index in [-0.39, 0.29) is 0 Å². The SMILES string of the molecule is NCC1CCCC1OCc1ccncc1. The second-order valence-corrected chi connectivity index (χ2v) is 4.13. The predicted octanol–water partition coefficient (Wildman–Crippen LogP) is 1.73. The number of nitrogens with zero attached hydrogens (tertiary/aromatic N) is 1. The van der Waals surface area contributed by atoms with Gasteiger partial charge >= 0.3 is 0 Å². The molecular weight excluding hydrogens is 188 g/mol. The highest BCUT2D eigenvalue weighted by molar-refractivity contribution is 5.08. The Balaban J connectivity index is 1.83. The fraction of sp³-hybridized carbons (Fsp3) is 0.583. The summed E-state index contributed by atoms with van der Waals surface area (Å²) in [5.74, 6) is 0.562. The molecule has 1 saturated carbocycles. The zero-order valence-electron chi connectivity index (χ0n) is 8.93. The Labute approximate surface area is 90.7 Å². The second kappa shape index (κ2) is 5.24. The third-order valence-corrected chi connectivity index (χ3v) is 3.11. The van der Waals surface area contributed by atoms with Crippen LogP contribution in [0.15, 0.2) is 24.5 Å². The van der Waals surface area contributed by atoms with E-state index in [1.54, 1.807) is 12.4 Å². The van der Waals surface area contributed by atoms with Gasteiger partial charge < -0.3 is 10.5 Å². The van der Waals surface area contributed by atoms with Crippen LogP contribution in [-0.4, -0.2) is 17.6 Å². The van der Waals surface area contributed by atoms with Crippen molar-refractivity contribution < 1.29 is 4.74 Å². The van der Waals surface area contributed by atoms with Crippen LogP contribution in [0.2, 0.25) is 0 Å². The molecule has 1 fully saturated rings. The van der Waals surface area contributed by atoms with Gasteiger partial charge in [-0.05, 0) is 43.0 Å². The largest absolute Gasteiger partial charge is 0.373 e. The summed E-state index contributed by atoms with van der Waals surface area (Å²) in [6, 6.07) is 3.98. The molecule has 0 amide bonds. The monoisotopic (exact) mass is 206 g/mol. The average Bonchev–Trinajstić information content (AvgIpc) is 2.75. The van der Waals surface area contributed by atoms with Gasteiger partial charge in [-0.25, -0.2) is 0 Å². The first-order valence-electron chi connectivity index (χ1n) is 5.60. The molecule has 2 N–H and O–H groups in total. The van der Waals surface area contributed by atoms with Crippen molar-refractivity contribution in [2.45, 2.75) is 32.0 Å². The van der Waals surface area contributed by atoms with E-state index in [9.17, 15) is 0 Å². The Morgan fingerprint density at radius 1 is 1.33 bits per heavy atom. The van der Waals surface area contributed by atoms with E-state index in [2.05, 4.69) is 4.98 Å². The minimum atomic E-state index is 0.364.